The zero-order valence-corrected chi connectivity index (χ0v) is 17.2. The average molecular weight is 410 g/mol. The molecule has 2 heterocycles. The van der Waals surface area contributed by atoms with Gasteiger partial charge in [-0.15, -0.1) is 0 Å². The van der Waals surface area contributed by atoms with Crippen LogP contribution in [-0.4, -0.2) is 48.1 Å². The molecule has 0 spiro atoms. The van der Waals surface area contributed by atoms with Crippen LogP contribution in [0.25, 0.3) is 10.2 Å². The lowest BCUT2D eigenvalue weighted by Crippen LogP contribution is -2.37. The fourth-order valence-electron chi connectivity index (χ4n) is 3.28. The number of amides is 3. The second kappa shape index (κ2) is 8.08. The molecule has 3 amide bonds. The Bertz CT molecular complexity index is 1050. The summed E-state index contributed by atoms with van der Waals surface area (Å²) < 4.78 is 6.46. The summed E-state index contributed by atoms with van der Waals surface area (Å²) in [5.74, 6) is 0.521. The van der Waals surface area contributed by atoms with Crippen molar-refractivity contribution < 1.29 is 14.3 Å². The van der Waals surface area contributed by atoms with E-state index in [0.717, 1.165) is 27.2 Å². The Labute approximate surface area is 172 Å². The third kappa shape index (κ3) is 4.17. The number of carbonyl (C=O) groups is 2. The molecule has 1 aliphatic rings. The van der Waals surface area contributed by atoms with Gasteiger partial charge >= 0.3 is 6.03 Å². The van der Waals surface area contributed by atoms with Crippen molar-refractivity contribution in [2.24, 2.45) is 0 Å². The van der Waals surface area contributed by atoms with Crippen LogP contribution < -0.4 is 15.0 Å². The third-order valence-corrected chi connectivity index (χ3v) is 5.61. The van der Waals surface area contributed by atoms with Crippen LogP contribution in [0.5, 0.6) is 5.75 Å². The van der Waals surface area contributed by atoms with Gasteiger partial charge in [0, 0.05) is 18.8 Å². The van der Waals surface area contributed by atoms with Gasteiger partial charge < -0.3 is 15.0 Å². The van der Waals surface area contributed by atoms with Gasteiger partial charge in [-0.25, -0.2) is 9.78 Å². The van der Waals surface area contributed by atoms with E-state index in [0.29, 0.717) is 24.8 Å². The van der Waals surface area contributed by atoms with Crippen LogP contribution in [0.15, 0.2) is 42.5 Å². The molecule has 0 saturated carbocycles. The van der Waals surface area contributed by atoms with Gasteiger partial charge in [0.25, 0.3) is 0 Å². The number of urea groups is 1. The van der Waals surface area contributed by atoms with Crippen molar-refractivity contribution in [1.82, 2.24) is 9.88 Å². The van der Waals surface area contributed by atoms with E-state index in [9.17, 15) is 9.59 Å². The zero-order chi connectivity index (χ0) is 20.4. The van der Waals surface area contributed by atoms with Gasteiger partial charge in [0.05, 0.1) is 16.8 Å². The molecule has 1 N–H and O–H groups in total. The second-order valence-electron chi connectivity index (χ2n) is 6.82. The number of rotatable bonds is 6. The predicted octanol–water partition coefficient (Wildman–Crippen LogP) is 3.88. The minimum atomic E-state index is -0.248. The van der Waals surface area contributed by atoms with Gasteiger partial charge in [0.2, 0.25) is 5.91 Å². The quantitative estimate of drug-likeness (QED) is 0.669. The summed E-state index contributed by atoms with van der Waals surface area (Å²) in [5.41, 5.74) is 2.80. The number of anilines is 2. The average Bonchev–Trinajstić information content (AvgIpc) is 3.25. The molecule has 1 aromatic heterocycles. The summed E-state index contributed by atoms with van der Waals surface area (Å²) in [6.45, 7) is 5.59. The van der Waals surface area contributed by atoms with Crippen LogP contribution >= 0.6 is 11.3 Å². The topological polar surface area (TPSA) is 74.8 Å². The number of ether oxygens (including phenoxy) is 1. The van der Waals surface area contributed by atoms with E-state index in [-0.39, 0.29) is 18.5 Å². The first-order valence-corrected chi connectivity index (χ1v) is 10.3. The van der Waals surface area contributed by atoms with E-state index in [2.05, 4.69) is 10.3 Å². The summed E-state index contributed by atoms with van der Waals surface area (Å²) in [5, 5.41) is 3.36. The van der Waals surface area contributed by atoms with Gasteiger partial charge in [0.1, 0.15) is 12.3 Å². The molecule has 0 aliphatic carbocycles. The Kier molecular flexibility index (Phi) is 5.35. The van der Waals surface area contributed by atoms with E-state index < -0.39 is 0 Å². The Balaban J connectivity index is 1.37. The van der Waals surface area contributed by atoms with Crippen LogP contribution in [0.2, 0.25) is 0 Å². The first kappa shape index (κ1) is 19.2. The Morgan fingerprint density at radius 1 is 1.21 bits per heavy atom. The van der Waals surface area contributed by atoms with Gasteiger partial charge in [-0.2, -0.15) is 0 Å². The molecule has 29 heavy (non-hydrogen) atoms. The molecule has 1 saturated heterocycles. The number of hydrogen-bond donors (Lipinski definition) is 1. The Morgan fingerprint density at radius 3 is 2.76 bits per heavy atom. The molecule has 1 fully saturated rings. The highest BCUT2D eigenvalue weighted by molar-refractivity contribution is 7.22. The van der Waals surface area contributed by atoms with E-state index >= 15 is 0 Å². The molecule has 150 valence electrons. The van der Waals surface area contributed by atoms with Gasteiger partial charge in [0.15, 0.2) is 5.13 Å². The van der Waals surface area contributed by atoms with Crippen molar-refractivity contribution in [2.75, 3.05) is 36.5 Å². The molecule has 0 radical (unpaired) electrons. The normalized spacial score (nSPS) is 13.9. The number of nitrogens with zero attached hydrogens (tertiary/aromatic N) is 3. The SMILES string of the molecule is CCOc1ccc(N2CCN(CC(=O)Nc3nc4ccc(C)cc4s3)C2=O)cc1. The van der Waals surface area contributed by atoms with Crippen molar-refractivity contribution in [1.29, 1.82) is 0 Å². The fraction of sp³-hybridized carbons (Fsp3) is 0.286. The third-order valence-electron chi connectivity index (χ3n) is 4.68. The number of thiazole rings is 1. The van der Waals surface area contributed by atoms with E-state index in [1.807, 2.05) is 56.3 Å². The van der Waals surface area contributed by atoms with Crippen LogP contribution in [0.4, 0.5) is 15.6 Å². The Hall–Kier alpha value is -3.13. The van der Waals surface area contributed by atoms with Crippen LogP contribution in [0, 0.1) is 6.92 Å². The van der Waals surface area contributed by atoms with Crippen molar-refractivity contribution in [2.45, 2.75) is 13.8 Å². The highest BCUT2D eigenvalue weighted by Crippen LogP contribution is 2.27. The monoisotopic (exact) mass is 410 g/mol. The molecular weight excluding hydrogens is 388 g/mol. The van der Waals surface area contributed by atoms with Crippen molar-refractivity contribution in [3.8, 4) is 5.75 Å². The first-order chi connectivity index (χ1) is 14.0. The van der Waals surface area contributed by atoms with E-state index in [1.165, 1.54) is 11.3 Å². The molecule has 4 rings (SSSR count). The minimum Gasteiger partial charge on any atom is -0.494 e. The molecule has 0 unspecified atom stereocenters. The number of nitrogens with one attached hydrogen (secondary N) is 1. The van der Waals surface area contributed by atoms with Crippen molar-refractivity contribution >= 4 is 44.3 Å². The predicted molar refractivity (Wildman–Crippen MR) is 115 cm³/mol. The van der Waals surface area contributed by atoms with Crippen molar-refractivity contribution in [3.05, 3.63) is 48.0 Å². The van der Waals surface area contributed by atoms with Gasteiger partial charge in [-0.1, -0.05) is 17.4 Å². The first-order valence-electron chi connectivity index (χ1n) is 9.50. The van der Waals surface area contributed by atoms with Gasteiger partial charge in [-0.3, -0.25) is 9.69 Å². The molecule has 2 aromatic carbocycles. The smallest absolute Gasteiger partial charge is 0.325 e. The highest BCUT2D eigenvalue weighted by atomic mass is 32.1. The minimum absolute atomic E-state index is 0.00131. The maximum Gasteiger partial charge on any atom is 0.325 e. The van der Waals surface area contributed by atoms with Crippen LogP contribution in [0.3, 0.4) is 0 Å². The maximum atomic E-state index is 12.7. The summed E-state index contributed by atoms with van der Waals surface area (Å²) >= 11 is 1.43. The largest absolute Gasteiger partial charge is 0.494 e. The van der Waals surface area contributed by atoms with Crippen LogP contribution in [-0.2, 0) is 4.79 Å². The number of aromatic nitrogens is 1. The number of hydrogen-bond acceptors (Lipinski definition) is 5. The lowest BCUT2D eigenvalue weighted by molar-refractivity contribution is -0.116. The van der Waals surface area contributed by atoms with Crippen LogP contribution in [0.1, 0.15) is 12.5 Å². The lowest BCUT2D eigenvalue weighted by atomic mass is 10.2. The zero-order valence-electron chi connectivity index (χ0n) is 16.3. The molecular formula is C21H22N4O3S. The Morgan fingerprint density at radius 2 is 2.00 bits per heavy atom. The second-order valence-corrected chi connectivity index (χ2v) is 7.85. The molecule has 0 atom stereocenters. The number of fused-ring (bicyclic) bond motifs is 1. The summed E-state index contributed by atoms with van der Waals surface area (Å²) in [6.07, 6.45) is 0. The van der Waals surface area contributed by atoms with Crippen molar-refractivity contribution in [3.63, 3.8) is 0 Å². The number of benzene rings is 2. The molecule has 0 bridgehead atoms. The van der Waals surface area contributed by atoms with Gasteiger partial charge in [-0.05, 0) is 55.8 Å². The summed E-state index contributed by atoms with van der Waals surface area (Å²) in [6, 6.07) is 13.2. The number of aryl methyl sites for hydroxylation is 1. The summed E-state index contributed by atoms with van der Waals surface area (Å²) in [7, 11) is 0. The maximum absolute atomic E-state index is 12.7. The lowest BCUT2D eigenvalue weighted by Gasteiger charge is -2.18. The molecule has 1 aliphatic heterocycles. The van der Waals surface area contributed by atoms with E-state index in [1.54, 1.807) is 9.80 Å². The molecule has 3 aromatic rings. The number of carbonyl (C=O) groups excluding carboxylic acids is 2. The molecule has 7 nitrogen and oxygen atoms in total. The van der Waals surface area contributed by atoms with E-state index in [4.69, 9.17) is 4.74 Å². The standard InChI is InChI=1S/C21H22N4O3S/c1-3-28-16-7-5-15(6-8-16)25-11-10-24(21(25)27)13-19(26)23-20-22-17-9-4-14(2)12-18(17)29-20/h4-9,12H,3,10-11,13H2,1-2H3,(H,22,23,26). The summed E-state index contributed by atoms with van der Waals surface area (Å²) in [4.78, 5) is 32.8. The fourth-order valence-corrected chi connectivity index (χ4v) is 4.26. The highest BCUT2D eigenvalue weighted by Gasteiger charge is 2.31. The molecule has 8 heteroatoms.